The van der Waals surface area contributed by atoms with E-state index in [9.17, 15) is 9.59 Å². The van der Waals surface area contributed by atoms with Gasteiger partial charge in [0.1, 0.15) is 12.1 Å². The van der Waals surface area contributed by atoms with Crippen molar-refractivity contribution in [2.24, 2.45) is 0 Å². The number of halogens is 1. The highest BCUT2D eigenvalue weighted by Crippen LogP contribution is 2.38. The Morgan fingerprint density at radius 2 is 1.78 bits per heavy atom. The van der Waals surface area contributed by atoms with Gasteiger partial charge in [0.05, 0.1) is 23.8 Å². The molecule has 2 aromatic carbocycles. The number of pyridine rings is 1. The fraction of sp³-hybridized carbons (Fsp3) is 0.450. The van der Waals surface area contributed by atoms with Crippen molar-refractivity contribution in [3.8, 4) is 0 Å². The fourth-order valence-electron chi connectivity index (χ4n) is 7.93. The van der Waals surface area contributed by atoms with Crippen LogP contribution in [0, 0.1) is 6.92 Å². The van der Waals surface area contributed by atoms with Gasteiger partial charge in [-0.15, -0.1) is 0 Å². The maximum Gasteiger partial charge on any atom is 0.410 e. The van der Waals surface area contributed by atoms with Gasteiger partial charge in [0.2, 0.25) is 5.91 Å². The van der Waals surface area contributed by atoms with Crippen LogP contribution in [0.2, 0.25) is 5.02 Å². The molecule has 1 aliphatic heterocycles. The zero-order valence-electron chi connectivity index (χ0n) is 28.9. The zero-order valence-corrected chi connectivity index (χ0v) is 29.7. The third-order valence-corrected chi connectivity index (χ3v) is 10.7. The van der Waals surface area contributed by atoms with Crippen LogP contribution in [0.1, 0.15) is 78.2 Å². The lowest BCUT2D eigenvalue weighted by molar-refractivity contribution is -0.140. The number of imidazole rings is 1. The molecule has 3 heterocycles. The lowest BCUT2D eigenvalue weighted by Gasteiger charge is -2.45. The van der Waals surface area contributed by atoms with Crippen molar-refractivity contribution >= 4 is 23.6 Å². The fourth-order valence-corrected chi connectivity index (χ4v) is 8.13. The van der Waals surface area contributed by atoms with E-state index in [0.29, 0.717) is 37.7 Å². The van der Waals surface area contributed by atoms with Crippen LogP contribution in [0.25, 0.3) is 0 Å². The smallest absolute Gasteiger partial charge is 0.410 e. The molecule has 3 aliphatic rings. The molecular weight excluding hydrogens is 648 g/mol. The minimum absolute atomic E-state index is 0.0628. The Morgan fingerprint density at radius 3 is 2.58 bits per heavy atom. The quantitative estimate of drug-likeness (QED) is 0.188. The van der Waals surface area contributed by atoms with E-state index >= 15 is 0 Å². The summed E-state index contributed by atoms with van der Waals surface area (Å²) >= 11 is 6.51. The number of piperazine rings is 1. The molecule has 0 unspecified atom stereocenters. The molecule has 10 heteroatoms. The molecule has 2 fully saturated rings. The van der Waals surface area contributed by atoms with E-state index in [1.165, 1.54) is 17.5 Å². The van der Waals surface area contributed by atoms with Gasteiger partial charge in [0, 0.05) is 56.7 Å². The molecule has 2 amide bonds. The summed E-state index contributed by atoms with van der Waals surface area (Å²) in [5.41, 5.74) is 6.59. The van der Waals surface area contributed by atoms with Gasteiger partial charge in [-0.25, -0.2) is 9.78 Å². The molecule has 7 rings (SSSR count). The standard InChI is InChI=1S/C40H47ClN6O3/c1-29-25-44(28-43-29)20-9-21-46(26-30-10-4-2-5-11-30)39(48)36-27-45(22-23-47(36)40(49)50-34-13-6-3-7-14-34)38-35-18-17-33(41)24-32(35)16-15-31-12-8-19-42-37(31)38/h2,4-5,8,10-12,17-19,24-25,28,34,36,38H,3,6-7,9,13-16,20-23,26-27H2,1H3/t36-,38-/m0/s1. The normalized spacial score (nSPS) is 19.7. The monoisotopic (exact) mass is 694 g/mol. The first-order valence-electron chi connectivity index (χ1n) is 18.2. The molecule has 9 nitrogen and oxygen atoms in total. The van der Waals surface area contributed by atoms with Gasteiger partial charge in [-0.1, -0.05) is 60.5 Å². The Kier molecular flexibility index (Phi) is 10.8. The number of fused-ring (bicyclic) bond motifs is 2. The number of hydrogen-bond acceptors (Lipinski definition) is 6. The number of carbonyl (C=O) groups is 2. The number of rotatable bonds is 9. The highest BCUT2D eigenvalue weighted by atomic mass is 35.5. The highest BCUT2D eigenvalue weighted by Gasteiger charge is 2.42. The molecule has 0 N–H and O–H groups in total. The van der Waals surface area contributed by atoms with E-state index in [-0.39, 0.29) is 24.1 Å². The van der Waals surface area contributed by atoms with Gasteiger partial charge in [0.15, 0.2) is 0 Å². The summed E-state index contributed by atoms with van der Waals surface area (Å²) in [6.45, 7) is 5.07. The van der Waals surface area contributed by atoms with E-state index in [2.05, 4.69) is 44.8 Å². The zero-order chi connectivity index (χ0) is 34.5. The van der Waals surface area contributed by atoms with Gasteiger partial charge >= 0.3 is 6.09 Å². The topological polar surface area (TPSA) is 83.8 Å². The minimum atomic E-state index is -0.717. The van der Waals surface area contributed by atoms with E-state index in [4.69, 9.17) is 21.3 Å². The number of carbonyl (C=O) groups excluding carboxylic acids is 2. The van der Waals surface area contributed by atoms with Crippen molar-refractivity contribution in [3.05, 3.63) is 118 Å². The summed E-state index contributed by atoms with van der Waals surface area (Å²) in [4.78, 5) is 44.3. The molecule has 0 radical (unpaired) electrons. The van der Waals surface area contributed by atoms with Crippen molar-refractivity contribution < 1.29 is 14.3 Å². The van der Waals surface area contributed by atoms with Crippen molar-refractivity contribution in [1.29, 1.82) is 0 Å². The molecule has 2 atom stereocenters. The maximum atomic E-state index is 15.0. The average molecular weight is 695 g/mol. The Labute approximate surface area is 300 Å². The first-order valence-corrected chi connectivity index (χ1v) is 18.6. The number of benzene rings is 2. The second-order valence-electron chi connectivity index (χ2n) is 14.0. The molecule has 262 valence electrons. The first kappa shape index (κ1) is 34.2. The summed E-state index contributed by atoms with van der Waals surface area (Å²) < 4.78 is 8.20. The number of ether oxygens (including phenoxy) is 1. The summed E-state index contributed by atoms with van der Waals surface area (Å²) in [6, 6.07) is 19.5. The van der Waals surface area contributed by atoms with E-state index in [1.807, 2.05) is 60.9 Å². The van der Waals surface area contributed by atoms with Gasteiger partial charge < -0.3 is 14.2 Å². The minimum Gasteiger partial charge on any atom is -0.446 e. The van der Waals surface area contributed by atoms with Gasteiger partial charge in [-0.3, -0.25) is 19.6 Å². The van der Waals surface area contributed by atoms with Crippen LogP contribution in [0.3, 0.4) is 0 Å². The Balaban J connectivity index is 1.21. The summed E-state index contributed by atoms with van der Waals surface area (Å²) in [7, 11) is 0. The van der Waals surface area contributed by atoms with Crippen molar-refractivity contribution in [2.75, 3.05) is 26.2 Å². The third-order valence-electron chi connectivity index (χ3n) is 10.5. The van der Waals surface area contributed by atoms with Crippen LogP contribution < -0.4 is 0 Å². The van der Waals surface area contributed by atoms with Crippen LogP contribution >= 0.6 is 11.6 Å². The average Bonchev–Trinajstić information content (AvgIpc) is 3.48. The second kappa shape index (κ2) is 15.8. The van der Waals surface area contributed by atoms with E-state index in [1.54, 1.807) is 4.90 Å². The molecule has 50 heavy (non-hydrogen) atoms. The molecular formula is C40H47ClN6O3. The van der Waals surface area contributed by atoms with Crippen LogP contribution in [-0.4, -0.2) is 79.6 Å². The molecule has 2 aliphatic carbocycles. The SMILES string of the molecule is Cc1cn(CCCN(Cc2ccccc2)C(=O)[C@@H]2CN([C@H]3c4ccc(Cl)cc4CCc4cccnc43)CCN2C(=O)OC2CCCCC2)cn1. The molecule has 1 saturated heterocycles. The van der Waals surface area contributed by atoms with Crippen LogP contribution in [0.4, 0.5) is 4.79 Å². The largest absolute Gasteiger partial charge is 0.446 e. The third kappa shape index (κ3) is 7.89. The predicted octanol–water partition coefficient (Wildman–Crippen LogP) is 7.00. The molecule has 1 saturated carbocycles. The lowest BCUT2D eigenvalue weighted by atomic mass is 9.95. The number of aryl methyl sites for hydroxylation is 4. The van der Waals surface area contributed by atoms with Crippen molar-refractivity contribution in [2.45, 2.75) is 89.6 Å². The Morgan fingerprint density at radius 1 is 0.960 bits per heavy atom. The number of amides is 2. The first-order chi connectivity index (χ1) is 24.4. The Hall–Kier alpha value is -4.21. The van der Waals surface area contributed by atoms with Crippen LogP contribution in [-0.2, 0) is 35.5 Å². The van der Waals surface area contributed by atoms with Crippen LogP contribution in [0.15, 0.2) is 79.4 Å². The molecule has 0 bridgehead atoms. The molecule has 2 aromatic heterocycles. The van der Waals surface area contributed by atoms with Crippen molar-refractivity contribution in [1.82, 2.24) is 29.2 Å². The maximum absolute atomic E-state index is 15.0. The summed E-state index contributed by atoms with van der Waals surface area (Å²) in [6.07, 6.45) is 12.8. The van der Waals surface area contributed by atoms with E-state index in [0.717, 1.165) is 74.0 Å². The number of hydrogen-bond donors (Lipinski definition) is 0. The Bertz CT molecular complexity index is 1770. The van der Waals surface area contributed by atoms with Gasteiger partial charge in [0.25, 0.3) is 0 Å². The van der Waals surface area contributed by atoms with Gasteiger partial charge in [-0.05, 0) is 92.3 Å². The van der Waals surface area contributed by atoms with Crippen LogP contribution in [0.5, 0.6) is 0 Å². The molecule has 0 spiro atoms. The van der Waals surface area contributed by atoms with E-state index < -0.39 is 6.04 Å². The van der Waals surface area contributed by atoms with Gasteiger partial charge in [-0.2, -0.15) is 0 Å². The van der Waals surface area contributed by atoms with Crippen molar-refractivity contribution in [3.63, 3.8) is 0 Å². The lowest BCUT2D eigenvalue weighted by Crippen LogP contribution is -2.62. The number of aromatic nitrogens is 3. The second-order valence-corrected chi connectivity index (χ2v) is 14.4. The highest BCUT2D eigenvalue weighted by molar-refractivity contribution is 6.30. The predicted molar refractivity (Wildman–Crippen MR) is 194 cm³/mol. The number of nitrogens with zero attached hydrogens (tertiary/aromatic N) is 6. The summed E-state index contributed by atoms with van der Waals surface area (Å²) in [5.74, 6) is -0.0628. The molecule has 4 aromatic rings. The summed E-state index contributed by atoms with van der Waals surface area (Å²) in [5, 5.41) is 0.715.